The van der Waals surface area contributed by atoms with Crippen molar-refractivity contribution in [3.8, 4) is 11.5 Å². The highest BCUT2D eigenvalue weighted by molar-refractivity contribution is 6.30. The monoisotopic (exact) mass is 446 g/mol. The van der Waals surface area contributed by atoms with E-state index in [1.807, 2.05) is 0 Å². The first-order chi connectivity index (χ1) is 15.0. The van der Waals surface area contributed by atoms with E-state index in [2.05, 4.69) is 20.2 Å². The fraction of sp³-hybridized carbons (Fsp3) is 0.364. The van der Waals surface area contributed by atoms with Crippen LogP contribution >= 0.6 is 11.6 Å². The van der Waals surface area contributed by atoms with Crippen LogP contribution in [0.15, 0.2) is 36.7 Å². The zero-order valence-electron chi connectivity index (χ0n) is 17.1. The Morgan fingerprint density at radius 3 is 2.74 bits per heavy atom. The molecule has 1 atom stereocenters. The highest BCUT2D eigenvalue weighted by atomic mass is 35.5. The Balaban J connectivity index is 1.54. The van der Waals surface area contributed by atoms with Gasteiger partial charge in [0.25, 0.3) is 0 Å². The van der Waals surface area contributed by atoms with Gasteiger partial charge in [0.2, 0.25) is 0 Å². The van der Waals surface area contributed by atoms with E-state index in [1.54, 1.807) is 24.3 Å². The van der Waals surface area contributed by atoms with Gasteiger partial charge in [0, 0.05) is 23.0 Å². The van der Waals surface area contributed by atoms with E-state index in [-0.39, 0.29) is 12.3 Å². The summed E-state index contributed by atoms with van der Waals surface area (Å²) in [6, 6.07) is 7.82. The molecule has 0 aliphatic carbocycles. The minimum absolute atomic E-state index is 0.143. The maximum atomic E-state index is 14.2. The maximum Gasteiger partial charge on any atom is 0.163 e. The fourth-order valence-corrected chi connectivity index (χ4v) is 3.82. The molecule has 0 saturated carbocycles. The van der Waals surface area contributed by atoms with Crippen LogP contribution in [0.25, 0.3) is 10.9 Å². The van der Waals surface area contributed by atoms with Crippen LogP contribution in [0.1, 0.15) is 12.8 Å². The first-order valence-corrected chi connectivity index (χ1v) is 10.5. The van der Waals surface area contributed by atoms with Crippen molar-refractivity contribution in [3.05, 3.63) is 47.5 Å². The third-order valence-electron chi connectivity index (χ3n) is 5.20. The smallest absolute Gasteiger partial charge is 0.163 e. The Morgan fingerprint density at radius 1 is 1.19 bits per heavy atom. The lowest BCUT2D eigenvalue weighted by molar-refractivity contribution is 0.0747. The molecule has 1 saturated heterocycles. The van der Waals surface area contributed by atoms with E-state index in [0.29, 0.717) is 39.8 Å². The van der Waals surface area contributed by atoms with E-state index < -0.39 is 11.9 Å². The molecular weight excluding hydrogens is 423 g/mol. The molecule has 7 nitrogen and oxygen atoms in total. The van der Waals surface area contributed by atoms with Gasteiger partial charge in [-0.25, -0.2) is 14.4 Å². The van der Waals surface area contributed by atoms with Gasteiger partial charge in [-0.1, -0.05) is 11.6 Å². The number of rotatable bonds is 8. The minimum atomic E-state index is -0.603. The molecule has 0 radical (unpaired) electrons. The Kier molecular flexibility index (Phi) is 6.70. The highest BCUT2D eigenvalue weighted by Crippen LogP contribution is 2.35. The summed E-state index contributed by atoms with van der Waals surface area (Å²) < 4.78 is 25.5. The number of nitrogens with one attached hydrogen (secondary N) is 1. The van der Waals surface area contributed by atoms with Crippen LogP contribution < -0.4 is 14.8 Å². The second kappa shape index (κ2) is 9.64. The number of aliphatic hydroxyl groups excluding tert-OH is 1. The standard InChI is InChI=1S/C22H24ClFN4O3/c1-30-20-9-16-19(10-21(20)31-12-15(29)11-28-6-2-3-7-28)25-13-26-22(16)27-18-5-4-14(23)8-17(18)24/h4-5,8-10,13,15,29H,2-3,6-7,11-12H2,1H3,(H,25,26,27). The summed E-state index contributed by atoms with van der Waals surface area (Å²) in [4.78, 5) is 10.8. The molecular formula is C22H24ClFN4O3. The van der Waals surface area contributed by atoms with Crippen molar-refractivity contribution in [2.75, 3.05) is 38.7 Å². The molecule has 3 aromatic rings. The lowest BCUT2D eigenvalue weighted by Gasteiger charge is -2.20. The van der Waals surface area contributed by atoms with E-state index in [9.17, 15) is 9.50 Å². The van der Waals surface area contributed by atoms with Gasteiger partial charge >= 0.3 is 0 Å². The van der Waals surface area contributed by atoms with Crippen molar-refractivity contribution < 1.29 is 19.0 Å². The normalized spacial score (nSPS) is 15.2. The zero-order valence-corrected chi connectivity index (χ0v) is 17.9. The number of ether oxygens (including phenoxy) is 2. The molecule has 4 rings (SSSR count). The van der Waals surface area contributed by atoms with E-state index in [1.165, 1.54) is 32.3 Å². The molecule has 1 aromatic heterocycles. The van der Waals surface area contributed by atoms with Crippen molar-refractivity contribution in [1.82, 2.24) is 14.9 Å². The number of aliphatic hydroxyl groups is 1. The SMILES string of the molecule is COc1cc2c(Nc3ccc(Cl)cc3F)ncnc2cc1OCC(O)CN1CCCC1. The molecule has 2 heterocycles. The number of nitrogens with zero attached hydrogens (tertiary/aromatic N) is 3. The maximum absolute atomic E-state index is 14.2. The number of aromatic nitrogens is 2. The number of methoxy groups -OCH3 is 1. The van der Waals surface area contributed by atoms with Crippen molar-refractivity contribution in [3.63, 3.8) is 0 Å². The van der Waals surface area contributed by atoms with Crippen LogP contribution in [0.2, 0.25) is 5.02 Å². The third-order valence-corrected chi connectivity index (χ3v) is 5.44. The first kappa shape index (κ1) is 21.5. The molecule has 9 heteroatoms. The Hall–Kier alpha value is -2.68. The summed E-state index contributed by atoms with van der Waals surface area (Å²) in [5.41, 5.74) is 0.838. The second-order valence-corrected chi connectivity index (χ2v) is 7.90. The Labute approximate surface area is 184 Å². The largest absolute Gasteiger partial charge is 0.493 e. The Bertz CT molecular complexity index is 1060. The average Bonchev–Trinajstić information content (AvgIpc) is 3.26. The Morgan fingerprint density at radius 2 is 2.00 bits per heavy atom. The van der Waals surface area contributed by atoms with Crippen LogP contribution in [0.5, 0.6) is 11.5 Å². The lowest BCUT2D eigenvalue weighted by atomic mass is 10.2. The average molecular weight is 447 g/mol. The molecule has 0 amide bonds. The van der Waals surface area contributed by atoms with Crippen molar-refractivity contribution >= 4 is 34.0 Å². The van der Waals surface area contributed by atoms with Crippen molar-refractivity contribution in [2.45, 2.75) is 18.9 Å². The first-order valence-electron chi connectivity index (χ1n) is 10.1. The van der Waals surface area contributed by atoms with Crippen molar-refractivity contribution in [1.29, 1.82) is 0 Å². The van der Waals surface area contributed by atoms with Crippen LogP contribution in [0, 0.1) is 5.82 Å². The summed E-state index contributed by atoms with van der Waals surface area (Å²) in [7, 11) is 1.53. The quantitative estimate of drug-likeness (QED) is 0.541. The number of β-amino-alcohol motifs (C(OH)–C–C–N with tert-alkyl or cyclic N) is 1. The molecule has 31 heavy (non-hydrogen) atoms. The van der Waals surface area contributed by atoms with Gasteiger partial charge in [-0.05, 0) is 50.2 Å². The predicted molar refractivity (Wildman–Crippen MR) is 118 cm³/mol. The van der Waals surface area contributed by atoms with Crippen LogP contribution in [-0.4, -0.2) is 59.4 Å². The summed E-state index contributed by atoms with van der Waals surface area (Å²) in [5.74, 6) is 0.872. The number of anilines is 2. The molecule has 2 aromatic carbocycles. The van der Waals surface area contributed by atoms with Crippen LogP contribution in [0.4, 0.5) is 15.9 Å². The lowest BCUT2D eigenvalue weighted by Crippen LogP contribution is -2.33. The van der Waals surface area contributed by atoms with Gasteiger partial charge in [0.1, 0.15) is 30.7 Å². The number of fused-ring (bicyclic) bond motifs is 1. The molecule has 0 spiro atoms. The van der Waals surface area contributed by atoms with Gasteiger partial charge < -0.3 is 24.8 Å². The number of hydrogen-bond donors (Lipinski definition) is 2. The molecule has 1 fully saturated rings. The molecule has 1 aliphatic rings. The summed E-state index contributed by atoms with van der Waals surface area (Å²) >= 11 is 5.83. The molecule has 2 N–H and O–H groups in total. The number of benzene rings is 2. The highest BCUT2D eigenvalue weighted by Gasteiger charge is 2.18. The molecule has 0 bridgehead atoms. The van der Waals surface area contributed by atoms with Gasteiger partial charge in [-0.15, -0.1) is 0 Å². The zero-order chi connectivity index (χ0) is 21.8. The fourth-order valence-electron chi connectivity index (χ4n) is 3.66. The minimum Gasteiger partial charge on any atom is -0.493 e. The predicted octanol–water partition coefficient (Wildman–Crippen LogP) is 4.01. The van der Waals surface area contributed by atoms with Crippen LogP contribution in [0.3, 0.4) is 0 Å². The van der Waals surface area contributed by atoms with Gasteiger partial charge in [0.15, 0.2) is 11.5 Å². The van der Waals surface area contributed by atoms with Gasteiger partial charge in [0.05, 0.1) is 18.3 Å². The van der Waals surface area contributed by atoms with Crippen molar-refractivity contribution in [2.24, 2.45) is 0 Å². The molecule has 1 unspecified atom stereocenters. The summed E-state index contributed by atoms with van der Waals surface area (Å²) in [6.45, 7) is 2.75. The summed E-state index contributed by atoms with van der Waals surface area (Å²) in [6.07, 6.45) is 3.12. The third kappa shape index (κ3) is 5.15. The van der Waals surface area contributed by atoms with E-state index >= 15 is 0 Å². The van der Waals surface area contributed by atoms with Crippen LogP contribution in [-0.2, 0) is 0 Å². The molecule has 1 aliphatic heterocycles. The summed E-state index contributed by atoms with van der Waals surface area (Å²) in [5, 5.41) is 14.2. The van der Waals surface area contributed by atoms with E-state index in [0.717, 1.165) is 13.1 Å². The van der Waals surface area contributed by atoms with Gasteiger partial charge in [-0.3, -0.25) is 0 Å². The topological polar surface area (TPSA) is 79.7 Å². The molecule has 164 valence electrons. The van der Waals surface area contributed by atoms with Gasteiger partial charge in [-0.2, -0.15) is 0 Å². The number of halogens is 2. The van der Waals surface area contributed by atoms with E-state index in [4.69, 9.17) is 21.1 Å². The second-order valence-electron chi connectivity index (χ2n) is 7.46. The number of hydrogen-bond acceptors (Lipinski definition) is 7. The number of likely N-dealkylation sites (tertiary alicyclic amines) is 1.